The number of hydrogen-bond donors (Lipinski definition) is 2. The third-order valence-electron chi connectivity index (χ3n) is 9.27. The second-order valence-corrected chi connectivity index (χ2v) is 13.9. The Kier molecular flexibility index (Phi) is 17.5. The lowest BCUT2D eigenvalue weighted by atomic mass is 9.99. The largest absolute Gasteiger partial charge is 0.256 e. The third kappa shape index (κ3) is 13.3. The van der Waals surface area contributed by atoms with Gasteiger partial charge in [0.05, 0.1) is 5.69 Å². The molecule has 0 N–H and O–H groups in total. The SMILES string of the molecule is SCCCCCCCCCCc1ccc(-c2ccc(-c3ccc(-c4ccc(CCCCCCCCCCS)cc4)cn3)cc2)cc1. The second kappa shape index (κ2) is 22.1. The molecule has 1 aromatic heterocycles. The fourth-order valence-corrected chi connectivity index (χ4v) is 6.75. The molecular weight excluding hydrogens is 595 g/mol. The third-order valence-corrected chi connectivity index (χ3v) is 9.90. The maximum Gasteiger partial charge on any atom is 0.0702 e. The Morgan fingerprint density at radius 1 is 0.326 bits per heavy atom. The number of rotatable bonds is 23. The van der Waals surface area contributed by atoms with Gasteiger partial charge in [0.15, 0.2) is 0 Å². The number of aromatic nitrogens is 1. The Hall–Kier alpha value is -2.49. The van der Waals surface area contributed by atoms with Gasteiger partial charge in [0.1, 0.15) is 0 Å². The predicted octanol–water partition coefficient (Wildman–Crippen LogP) is 13.3. The van der Waals surface area contributed by atoms with Gasteiger partial charge in [0, 0.05) is 17.3 Å². The minimum atomic E-state index is 1.02. The van der Waals surface area contributed by atoms with Gasteiger partial charge >= 0.3 is 0 Å². The van der Waals surface area contributed by atoms with Gasteiger partial charge in [-0.15, -0.1) is 0 Å². The van der Waals surface area contributed by atoms with E-state index in [0.29, 0.717) is 0 Å². The molecule has 46 heavy (non-hydrogen) atoms. The van der Waals surface area contributed by atoms with E-state index in [9.17, 15) is 0 Å². The van der Waals surface area contributed by atoms with E-state index in [1.807, 2.05) is 6.20 Å². The summed E-state index contributed by atoms with van der Waals surface area (Å²) in [4.78, 5) is 4.82. The first-order chi connectivity index (χ1) is 22.8. The zero-order valence-corrected chi connectivity index (χ0v) is 29.9. The molecule has 0 unspecified atom stereocenters. The van der Waals surface area contributed by atoms with Crippen molar-refractivity contribution in [2.24, 2.45) is 0 Å². The summed E-state index contributed by atoms with van der Waals surface area (Å²) in [5.41, 5.74) is 9.99. The molecule has 246 valence electrons. The Balaban J connectivity index is 1.17. The van der Waals surface area contributed by atoms with Crippen molar-refractivity contribution in [1.82, 2.24) is 4.98 Å². The van der Waals surface area contributed by atoms with Crippen molar-refractivity contribution in [2.75, 3.05) is 11.5 Å². The molecule has 4 aromatic rings. The van der Waals surface area contributed by atoms with E-state index in [2.05, 4.69) is 110 Å². The summed E-state index contributed by atoms with van der Waals surface area (Å²) in [6, 6.07) is 31.4. The highest BCUT2D eigenvalue weighted by atomic mass is 32.1. The monoisotopic (exact) mass is 651 g/mol. The quantitative estimate of drug-likeness (QED) is 0.0601. The van der Waals surface area contributed by atoms with Gasteiger partial charge in [-0.3, -0.25) is 4.98 Å². The first-order valence-electron chi connectivity index (χ1n) is 18.2. The van der Waals surface area contributed by atoms with E-state index in [1.54, 1.807) is 0 Å². The van der Waals surface area contributed by atoms with Crippen LogP contribution < -0.4 is 0 Å². The molecule has 3 aromatic carbocycles. The Morgan fingerprint density at radius 2 is 0.652 bits per heavy atom. The van der Waals surface area contributed by atoms with Gasteiger partial charge in [0.25, 0.3) is 0 Å². The molecule has 0 spiro atoms. The van der Waals surface area contributed by atoms with Crippen LogP contribution in [0.4, 0.5) is 0 Å². The highest BCUT2D eigenvalue weighted by Crippen LogP contribution is 2.27. The van der Waals surface area contributed by atoms with Gasteiger partial charge in [0.2, 0.25) is 0 Å². The summed E-state index contributed by atoms with van der Waals surface area (Å²) in [5.74, 6) is 2.06. The first-order valence-corrected chi connectivity index (χ1v) is 19.5. The number of aryl methyl sites for hydroxylation is 2. The minimum absolute atomic E-state index is 1.02. The summed E-state index contributed by atoms with van der Waals surface area (Å²) in [7, 11) is 0. The summed E-state index contributed by atoms with van der Waals surface area (Å²) in [6.07, 6.45) is 25.9. The number of benzene rings is 3. The van der Waals surface area contributed by atoms with Crippen LogP contribution in [0, 0.1) is 0 Å². The topological polar surface area (TPSA) is 12.9 Å². The molecule has 3 heteroatoms. The van der Waals surface area contributed by atoms with Crippen molar-refractivity contribution < 1.29 is 0 Å². The van der Waals surface area contributed by atoms with Crippen LogP contribution in [0.3, 0.4) is 0 Å². The fraction of sp³-hybridized carbons (Fsp3) is 0.465. The predicted molar refractivity (Wildman–Crippen MR) is 210 cm³/mol. The standard InChI is InChI=1S/C43H57NS2/c45-33-15-11-7-3-1-5-9-13-17-36-19-23-38(24-20-36)39-27-29-41(30-28-39)43-32-31-42(35-44-43)40-25-21-37(22-26-40)18-14-10-6-2-4-8-12-16-34-46/h19-32,35,45-46H,1-18,33-34H2. The summed E-state index contributed by atoms with van der Waals surface area (Å²) in [6.45, 7) is 0. The van der Waals surface area contributed by atoms with Gasteiger partial charge in [-0.25, -0.2) is 0 Å². The molecule has 0 amide bonds. The average molecular weight is 652 g/mol. The number of hydrogen-bond acceptors (Lipinski definition) is 3. The molecule has 1 nitrogen and oxygen atoms in total. The summed E-state index contributed by atoms with van der Waals surface area (Å²) in [5, 5.41) is 0. The normalized spacial score (nSPS) is 11.3. The molecule has 0 bridgehead atoms. The number of nitrogens with zero attached hydrogens (tertiary/aromatic N) is 1. The molecule has 0 saturated carbocycles. The Bertz CT molecular complexity index is 1220. The van der Waals surface area contributed by atoms with Crippen LogP contribution in [0.2, 0.25) is 0 Å². The molecule has 0 atom stereocenters. The van der Waals surface area contributed by atoms with Gasteiger partial charge in [-0.2, -0.15) is 25.3 Å². The van der Waals surface area contributed by atoms with E-state index >= 15 is 0 Å². The lowest BCUT2D eigenvalue weighted by molar-refractivity contribution is 0.577. The van der Waals surface area contributed by atoms with Crippen molar-refractivity contribution in [3.05, 3.63) is 102 Å². The molecule has 0 radical (unpaired) electrons. The minimum Gasteiger partial charge on any atom is -0.256 e. The number of pyridine rings is 1. The molecular formula is C43H57NS2. The van der Waals surface area contributed by atoms with E-state index in [0.717, 1.165) is 22.8 Å². The zero-order chi connectivity index (χ0) is 32.1. The van der Waals surface area contributed by atoms with E-state index in [-0.39, 0.29) is 0 Å². The van der Waals surface area contributed by atoms with Crippen LogP contribution in [0.15, 0.2) is 91.1 Å². The van der Waals surface area contributed by atoms with Crippen LogP contribution in [-0.2, 0) is 12.8 Å². The molecule has 1 heterocycles. The van der Waals surface area contributed by atoms with E-state index in [1.165, 1.54) is 149 Å². The van der Waals surface area contributed by atoms with Crippen molar-refractivity contribution >= 4 is 25.3 Å². The molecule has 0 saturated heterocycles. The Labute approximate surface area is 291 Å². The van der Waals surface area contributed by atoms with Crippen LogP contribution in [-0.4, -0.2) is 16.5 Å². The van der Waals surface area contributed by atoms with Crippen LogP contribution in [0.25, 0.3) is 33.5 Å². The zero-order valence-electron chi connectivity index (χ0n) is 28.1. The van der Waals surface area contributed by atoms with Gasteiger partial charge < -0.3 is 0 Å². The van der Waals surface area contributed by atoms with Crippen molar-refractivity contribution in [1.29, 1.82) is 0 Å². The lowest BCUT2D eigenvalue weighted by Crippen LogP contribution is -1.89. The maximum absolute atomic E-state index is 4.82. The van der Waals surface area contributed by atoms with Crippen molar-refractivity contribution in [3.8, 4) is 33.5 Å². The van der Waals surface area contributed by atoms with Crippen LogP contribution in [0.1, 0.15) is 114 Å². The molecule has 0 aliphatic heterocycles. The van der Waals surface area contributed by atoms with Crippen LogP contribution in [0.5, 0.6) is 0 Å². The number of thiol groups is 2. The molecule has 0 fully saturated rings. The van der Waals surface area contributed by atoms with Crippen molar-refractivity contribution in [2.45, 2.75) is 116 Å². The van der Waals surface area contributed by atoms with Crippen LogP contribution >= 0.6 is 25.3 Å². The Morgan fingerprint density at radius 3 is 1.04 bits per heavy atom. The van der Waals surface area contributed by atoms with E-state index < -0.39 is 0 Å². The second-order valence-electron chi connectivity index (χ2n) is 13.0. The summed E-state index contributed by atoms with van der Waals surface area (Å²) < 4.78 is 0. The maximum atomic E-state index is 4.82. The van der Waals surface area contributed by atoms with Gasteiger partial charge in [-0.05, 0) is 83.9 Å². The highest BCUT2D eigenvalue weighted by Gasteiger charge is 2.05. The van der Waals surface area contributed by atoms with Crippen molar-refractivity contribution in [3.63, 3.8) is 0 Å². The smallest absolute Gasteiger partial charge is 0.0702 e. The van der Waals surface area contributed by atoms with E-state index in [4.69, 9.17) is 4.98 Å². The highest BCUT2D eigenvalue weighted by molar-refractivity contribution is 7.80. The summed E-state index contributed by atoms with van der Waals surface area (Å²) >= 11 is 8.60. The van der Waals surface area contributed by atoms with Gasteiger partial charge in [-0.1, -0.05) is 156 Å². The fourth-order valence-electron chi connectivity index (χ4n) is 6.30. The average Bonchev–Trinajstić information content (AvgIpc) is 3.11. The lowest BCUT2D eigenvalue weighted by Gasteiger charge is -2.08. The molecule has 0 aliphatic rings. The first kappa shape index (κ1) is 36.3. The number of unbranched alkanes of at least 4 members (excludes halogenated alkanes) is 14. The molecule has 4 rings (SSSR count). The molecule has 0 aliphatic carbocycles.